The first-order chi connectivity index (χ1) is 8.13. The fourth-order valence-corrected chi connectivity index (χ4v) is 2.27. The lowest BCUT2D eigenvalue weighted by Crippen LogP contribution is -2.05. The highest BCUT2D eigenvalue weighted by Gasteiger charge is 2.11. The Morgan fingerprint density at radius 3 is 2.94 bits per heavy atom. The van der Waals surface area contributed by atoms with E-state index in [0.29, 0.717) is 5.02 Å². The van der Waals surface area contributed by atoms with Crippen LogP contribution in [0.15, 0.2) is 28.9 Å². The quantitative estimate of drug-likeness (QED) is 0.927. The monoisotopic (exact) mass is 313 g/mol. The number of nitrogens with one attached hydrogen (secondary N) is 1. The van der Waals surface area contributed by atoms with Gasteiger partial charge in [-0.3, -0.25) is 4.57 Å². The molecule has 1 aromatic heterocycles. The molecule has 5 heteroatoms. The third-order valence-electron chi connectivity index (χ3n) is 2.35. The summed E-state index contributed by atoms with van der Waals surface area (Å²) >= 11 is 9.60. The maximum Gasteiger partial charge on any atom is 0.207 e. The number of hydrogen-bond donors (Lipinski definition) is 1. The lowest BCUT2D eigenvalue weighted by molar-refractivity contribution is 1.02. The van der Waals surface area contributed by atoms with Gasteiger partial charge in [-0.05, 0) is 41.9 Å². The predicted octanol–water partition coefficient (Wildman–Crippen LogP) is 4.03. The molecule has 0 aliphatic rings. The second kappa shape index (κ2) is 5.10. The first kappa shape index (κ1) is 12.5. The van der Waals surface area contributed by atoms with Crippen LogP contribution in [0, 0.1) is 6.92 Å². The molecule has 0 unspecified atom stereocenters. The van der Waals surface area contributed by atoms with Crippen molar-refractivity contribution in [3.63, 3.8) is 0 Å². The number of rotatable bonds is 3. The fourth-order valence-electron chi connectivity index (χ4n) is 1.64. The van der Waals surface area contributed by atoms with E-state index in [1.54, 1.807) is 0 Å². The Kier molecular flexibility index (Phi) is 3.74. The van der Waals surface area contributed by atoms with Gasteiger partial charge < -0.3 is 5.32 Å². The number of anilines is 1. The second-order valence-corrected chi connectivity index (χ2v) is 4.88. The molecule has 1 aromatic carbocycles. The second-order valence-electron chi connectivity index (χ2n) is 3.68. The summed E-state index contributed by atoms with van der Waals surface area (Å²) in [6.07, 6.45) is 1.98. The molecule has 0 saturated carbocycles. The van der Waals surface area contributed by atoms with E-state index in [1.165, 1.54) is 0 Å². The highest BCUT2D eigenvalue weighted by atomic mass is 79.9. The van der Waals surface area contributed by atoms with Gasteiger partial charge >= 0.3 is 0 Å². The molecule has 1 N–H and O–H groups in total. The Morgan fingerprint density at radius 1 is 1.47 bits per heavy atom. The lowest BCUT2D eigenvalue weighted by atomic mass is 10.3. The molecule has 0 aliphatic heterocycles. The van der Waals surface area contributed by atoms with Crippen molar-refractivity contribution in [3.8, 4) is 5.69 Å². The summed E-state index contributed by atoms with van der Waals surface area (Å²) in [5.74, 6) is 0.827. The fraction of sp³-hybridized carbons (Fsp3) is 0.250. The average molecular weight is 315 g/mol. The van der Waals surface area contributed by atoms with Crippen LogP contribution >= 0.6 is 27.5 Å². The molecule has 0 atom stereocenters. The van der Waals surface area contributed by atoms with Crippen molar-refractivity contribution in [2.75, 3.05) is 11.9 Å². The van der Waals surface area contributed by atoms with Crippen molar-refractivity contribution in [1.29, 1.82) is 0 Å². The summed E-state index contributed by atoms with van der Waals surface area (Å²) in [6.45, 7) is 4.84. The zero-order valence-corrected chi connectivity index (χ0v) is 12.0. The number of hydrogen-bond acceptors (Lipinski definition) is 2. The molecule has 2 aromatic rings. The van der Waals surface area contributed by atoms with Crippen LogP contribution in [0.2, 0.25) is 5.02 Å². The first-order valence-electron chi connectivity index (χ1n) is 5.37. The molecule has 0 amide bonds. The van der Waals surface area contributed by atoms with Gasteiger partial charge in [0.2, 0.25) is 5.95 Å². The van der Waals surface area contributed by atoms with Crippen molar-refractivity contribution in [1.82, 2.24) is 9.55 Å². The molecule has 90 valence electrons. The Morgan fingerprint density at radius 2 is 2.24 bits per heavy atom. The van der Waals surface area contributed by atoms with Crippen LogP contribution in [0.5, 0.6) is 0 Å². The lowest BCUT2D eigenvalue weighted by Gasteiger charge is -2.10. The molecule has 0 radical (unpaired) electrons. The molecule has 3 nitrogen and oxygen atoms in total. The van der Waals surface area contributed by atoms with Crippen LogP contribution < -0.4 is 5.32 Å². The third kappa shape index (κ3) is 2.48. The molecule has 1 heterocycles. The van der Waals surface area contributed by atoms with E-state index >= 15 is 0 Å². The van der Waals surface area contributed by atoms with E-state index in [-0.39, 0.29) is 0 Å². The topological polar surface area (TPSA) is 29.9 Å². The maximum atomic E-state index is 6.10. The molecule has 0 aliphatic carbocycles. The maximum absolute atomic E-state index is 6.10. The molecule has 0 bridgehead atoms. The summed E-state index contributed by atoms with van der Waals surface area (Å²) in [5.41, 5.74) is 1.95. The van der Waals surface area contributed by atoms with Crippen LogP contribution in [-0.2, 0) is 0 Å². The van der Waals surface area contributed by atoms with Crippen molar-refractivity contribution in [2.24, 2.45) is 0 Å². The van der Waals surface area contributed by atoms with Crippen molar-refractivity contribution >= 4 is 33.5 Å². The van der Waals surface area contributed by atoms with Gasteiger partial charge in [0.05, 0.1) is 20.9 Å². The van der Waals surface area contributed by atoms with E-state index in [2.05, 4.69) is 26.2 Å². The smallest absolute Gasteiger partial charge is 0.207 e. The largest absolute Gasteiger partial charge is 0.356 e. The molecule has 2 rings (SSSR count). The molecular formula is C12H13BrClN3. The summed E-state index contributed by atoms with van der Waals surface area (Å²) in [5, 5.41) is 3.92. The number of imidazole rings is 1. The van der Waals surface area contributed by atoms with Gasteiger partial charge in [0.15, 0.2) is 0 Å². The zero-order valence-electron chi connectivity index (χ0n) is 9.67. The first-order valence-corrected chi connectivity index (χ1v) is 6.54. The minimum Gasteiger partial charge on any atom is -0.356 e. The van der Waals surface area contributed by atoms with Crippen LogP contribution in [0.1, 0.15) is 12.6 Å². The van der Waals surface area contributed by atoms with Gasteiger partial charge in [-0.15, -0.1) is 0 Å². The molecule has 0 saturated heterocycles. The van der Waals surface area contributed by atoms with Crippen molar-refractivity contribution in [3.05, 3.63) is 39.6 Å². The number of nitrogens with zero attached hydrogens (tertiary/aromatic N) is 2. The minimum atomic E-state index is 0.691. The Labute approximate surface area is 114 Å². The van der Waals surface area contributed by atoms with Gasteiger partial charge in [-0.1, -0.05) is 17.7 Å². The van der Waals surface area contributed by atoms with E-state index in [0.717, 1.165) is 28.3 Å². The van der Waals surface area contributed by atoms with Gasteiger partial charge in [-0.2, -0.15) is 0 Å². The zero-order chi connectivity index (χ0) is 12.4. The highest BCUT2D eigenvalue weighted by Crippen LogP contribution is 2.30. The Hall–Kier alpha value is -1.000. The summed E-state index contributed by atoms with van der Waals surface area (Å²) in [7, 11) is 0. The number of halogens is 2. The van der Waals surface area contributed by atoms with Crippen LogP contribution in [-0.4, -0.2) is 16.1 Å². The van der Waals surface area contributed by atoms with Gasteiger partial charge in [-0.25, -0.2) is 4.98 Å². The number of aromatic nitrogens is 2. The van der Waals surface area contributed by atoms with Gasteiger partial charge in [0, 0.05) is 12.7 Å². The average Bonchev–Trinajstić information content (AvgIpc) is 2.64. The molecule has 0 spiro atoms. The summed E-state index contributed by atoms with van der Waals surface area (Å²) in [4.78, 5) is 4.44. The van der Waals surface area contributed by atoms with Gasteiger partial charge in [0.25, 0.3) is 0 Å². The standard InChI is InChI=1S/C12H13BrClN3/c1-3-15-12-16-8(2)7-17(12)10-6-4-5-9(14)11(10)13/h4-7H,3H2,1-2H3,(H,15,16). The van der Waals surface area contributed by atoms with Crippen LogP contribution in [0.25, 0.3) is 5.69 Å². The molecular weight excluding hydrogens is 302 g/mol. The minimum absolute atomic E-state index is 0.691. The summed E-state index contributed by atoms with van der Waals surface area (Å²) < 4.78 is 2.87. The van der Waals surface area contributed by atoms with E-state index in [9.17, 15) is 0 Å². The highest BCUT2D eigenvalue weighted by molar-refractivity contribution is 9.10. The molecule has 17 heavy (non-hydrogen) atoms. The van der Waals surface area contributed by atoms with E-state index in [4.69, 9.17) is 11.6 Å². The van der Waals surface area contributed by atoms with Crippen molar-refractivity contribution < 1.29 is 0 Å². The van der Waals surface area contributed by atoms with Crippen molar-refractivity contribution in [2.45, 2.75) is 13.8 Å². The van der Waals surface area contributed by atoms with Gasteiger partial charge in [0.1, 0.15) is 0 Å². The number of aryl methyl sites for hydroxylation is 1. The van der Waals surface area contributed by atoms with E-state index in [1.807, 2.05) is 42.8 Å². The Balaban J connectivity index is 2.55. The van der Waals surface area contributed by atoms with E-state index < -0.39 is 0 Å². The predicted molar refractivity (Wildman–Crippen MR) is 75.2 cm³/mol. The SMILES string of the molecule is CCNc1nc(C)cn1-c1cccc(Cl)c1Br. The van der Waals surface area contributed by atoms with Crippen LogP contribution in [0.4, 0.5) is 5.95 Å². The third-order valence-corrected chi connectivity index (χ3v) is 3.73. The van der Waals surface area contributed by atoms with Crippen LogP contribution in [0.3, 0.4) is 0 Å². The number of benzene rings is 1. The molecule has 0 fully saturated rings. The summed E-state index contributed by atoms with van der Waals surface area (Å²) in [6, 6.07) is 5.78. The normalized spacial score (nSPS) is 10.6. The Bertz CT molecular complexity index is 537.